The van der Waals surface area contributed by atoms with Crippen molar-refractivity contribution >= 4 is 11.6 Å². The van der Waals surface area contributed by atoms with E-state index in [0.29, 0.717) is 6.54 Å². The van der Waals surface area contributed by atoms with Gasteiger partial charge < -0.3 is 10.6 Å². The summed E-state index contributed by atoms with van der Waals surface area (Å²) in [6, 6.07) is 1.92. The van der Waals surface area contributed by atoms with Crippen LogP contribution in [0.5, 0.6) is 0 Å². The number of aryl methyl sites for hydroxylation is 2. The smallest absolute Gasteiger partial charge is 0.132 e. The van der Waals surface area contributed by atoms with Crippen molar-refractivity contribution in [3.63, 3.8) is 0 Å². The molecule has 0 aliphatic carbocycles. The molecule has 2 rings (SSSR count). The molecule has 6 nitrogen and oxygen atoms in total. The lowest BCUT2D eigenvalue weighted by Crippen LogP contribution is -2.07. The van der Waals surface area contributed by atoms with Gasteiger partial charge in [0.05, 0.1) is 6.20 Å². The van der Waals surface area contributed by atoms with Gasteiger partial charge in [0, 0.05) is 37.5 Å². The fraction of sp³-hybridized carbons (Fsp3) is 0.462. The zero-order chi connectivity index (χ0) is 13.8. The average Bonchev–Trinajstić information content (AvgIpc) is 2.67. The average molecular weight is 260 g/mol. The number of hydrogen-bond donors (Lipinski definition) is 2. The summed E-state index contributed by atoms with van der Waals surface area (Å²) in [6.45, 7) is 7.55. The van der Waals surface area contributed by atoms with E-state index in [-0.39, 0.29) is 0 Å². The Hall–Kier alpha value is -2.11. The van der Waals surface area contributed by atoms with Gasteiger partial charge in [-0.25, -0.2) is 9.97 Å². The van der Waals surface area contributed by atoms with Gasteiger partial charge in [-0.2, -0.15) is 5.10 Å². The monoisotopic (exact) mass is 260 g/mol. The Labute approximate surface area is 113 Å². The maximum absolute atomic E-state index is 4.38. The van der Waals surface area contributed by atoms with E-state index in [4.69, 9.17) is 0 Å². The van der Waals surface area contributed by atoms with Crippen LogP contribution in [0, 0.1) is 13.8 Å². The van der Waals surface area contributed by atoms with E-state index >= 15 is 0 Å². The second-order valence-corrected chi connectivity index (χ2v) is 4.45. The highest BCUT2D eigenvalue weighted by Crippen LogP contribution is 2.13. The summed E-state index contributed by atoms with van der Waals surface area (Å²) in [5.74, 6) is 2.43. The summed E-state index contributed by atoms with van der Waals surface area (Å²) in [7, 11) is 1.94. The van der Waals surface area contributed by atoms with Crippen LogP contribution < -0.4 is 10.6 Å². The zero-order valence-corrected chi connectivity index (χ0v) is 11.9. The Kier molecular flexibility index (Phi) is 3.99. The number of rotatable bonds is 5. The molecular weight excluding hydrogens is 240 g/mol. The molecule has 0 aliphatic heterocycles. The predicted molar refractivity (Wildman–Crippen MR) is 76.2 cm³/mol. The minimum atomic E-state index is 0.710. The zero-order valence-electron chi connectivity index (χ0n) is 11.9. The molecule has 0 unspecified atom stereocenters. The molecule has 0 amide bonds. The molecule has 0 aromatic carbocycles. The van der Waals surface area contributed by atoms with Crippen LogP contribution in [-0.2, 0) is 13.6 Å². The van der Waals surface area contributed by atoms with Crippen LogP contribution in [0.25, 0.3) is 0 Å². The first kappa shape index (κ1) is 13.3. The molecule has 0 radical (unpaired) electrons. The Morgan fingerprint density at radius 3 is 2.42 bits per heavy atom. The van der Waals surface area contributed by atoms with Crippen molar-refractivity contribution in [1.29, 1.82) is 0 Å². The lowest BCUT2D eigenvalue weighted by atomic mass is 10.2. The van der Waals surface area contributed by atoms with E-state index in [1.165, 1.54) is 5.56 Å². The summed E-state index contributed by atoms with van der Waals surface area (Å²) in [6.07, 6.45) is 1.88. The lowest BCUT2D eigenvalue weighted by molar-refractivity contribution is 0.738. The third-order valence-corrected chi connectivity index (χ3v) is 2.99. The molecule has 19 heavy (non-hydrogen) atoms. The van der Waals surface area contributed by atoms with Gasteiger partial charge in [-0.3, -0.25) is 4.68 Å². The van der Waals surface area contributed by atoms with Crippen LogP contribution in [0.15, 0.2) is 12.3 Å². The molecule has 2 heterocycles. The van der Waals surface area contributed by atoms with E-state index in [0.717, 1.165) is 29.7 Å². The van der Waals surface area contributed by atoms with E-state index < -0.39 is 0 Å². The van der Waals surface area contributed by atoms with Crippen LogP contribution in [0.3, 0.4) is 0 Å². The largest absolute Gasteiger partial charge is 0.370 e. The molecule has 2 aromatic heterocycles. The number of aromatic nitrogens is 4. The molecule has 0 spiro atoms. The molecule has 0 aliphatic rings. The van der Waals surface area contributed by atoms with E-state index in [9.17, 15) is 0 Å². The third kappa shape index (κ3) is 3.21. The first-order valence-corrected chi connectivity index (χ1v) is 6.41. The van der Waals surface area contributed by atoms with E-state index in [1.807, 2.05) is 37.8 Å². The normalized spacial score (nSPS) is 10.5. The SMILES string of the molecule is CCNc1cc(NCc2cnn(C)c2C)nc(C)n1. The van der Waals surface area contributed by atoms with E-state index in [2.05, 4.69) is 32.6 Å². The molecule has 0 bridgehead atoms. The van der Waals surface area contributed by atoms with E-state index in [1.54, 1.807) is 0 Å². The molecule has 2 aromatic rings. The van der Waals surface area contributed by atoms with Gasteiger partial charge in [-0.15, -0.1) is 0 Å². The quantitative estimate of drug-likeness (QED) is 0.859. The number of hydrogen-bond acceptors (Lipinski definition) is 5. The summed E-state index contributed by atoms with van der Waals surface area (Å²) < 4.78 is 1.87. The Bertz CT molecular complexity index is 560. The Morgan fingerprint density at radius 2 is 1.84 bits per heavy atom. The maximum Gasteiger partial charge on any atom is 0.132 e. The van der Waals surface area contributed by atoms with Gasteiger partial charge in [0.25, 0.3) is 0 Å². The Balaban J connectivity index is 2.08. The second kappa shape index (κ2) is 5.69. The van der Waals surface area contributed by atoms with Crippen LogP contribution in [-0.4, -0.2) is 26.3 Å². The van der Waals surface area contributed by atoms with Crippen LogP contribution in [0.1, 0.15) is 24.0 Å². The van der Waals surface area contributed by atoms with Gasteiger partial charge in [0.15, 0.2) is 0 Å². The molecule has 0 atom stereocenters. The molecular formula is C13H20N6. The van der Waals surface area contributed by atoms with Crippen molar-refractivity contribution in [3.05, 3.63) is 29.3 Å². The summed E-state index contributed by atoms with van der Waals surface area (Å²) >= 11 is 0. The lowest BCUT2D eigenvalue weighted by Gasteiger charge is -2.09. The second-order valence-electron chi connectivity index (χ2n) is 4.45. The first-order valence-electron chi connectivity index (χ1n) is 6.41. The van der Waals surface area contributed by atoms with Crippen molar-refractivity contribution < 1.29 is 0 Å². The standard InChI is InChI=1S/C13H20N6/c1-5-14-12-6-13(18-10(3)17-12)15-7-11-8-16-19(4)9(11)2/h6,8H,5,7H2,1-4H3,(H2,14,15,17,18). The van der Waals surface area contributed by atoms with Crippen molar-refractivity contribution in [2.75, 3.05) is 17.2 Å². The van der Waals surface area contributed by atoms with Crippen LogP contribution >= 0.6 is 0 Å². The van der Waals surface area contributed by atoms with Crippen LogP contribution in [0.4, 0.5) is 11.6 Å². The van der Waals surface area contributed by atoms with Crippen molar-refractivity contribution in [3.8, 4) is 0 Å². The van der Waals surface area contributed by atoms with Gasteiger partial charge in [-0.05, 0) is 20.8 Å². The maximum atomic E-state index is 4.38. The number of anilines is 2. The number of nitrogens with zero attached hydrogens (tertiary/aromatic N) is 4. The van der Waals surface area contributed by atoms with Gasteiger partial charge in [-0.1, -0.05) is 0 Å². The molecule has 102 valence electrons. The summed E-state index contributed by atoms with van der Waals surface area (Å²) in [5, 5.41) is 10.7. The first-order chi connectivity index (χ1) is 9.10. The van der Waals surface area contributed by atoms with Crippen molar-refractivity contribution in [2.45, 2.75) is 27.3 Å². The topological polar surface area (TPSA) is 67.7 Å². The third-order valence-electron chi connectivity index (χ3n) is 2.99. The molecule has 0 saturated carbocycles. The fourth-order valence-corrected chi connectivity index (χ4v) is 1.83. The predicted octanol–water partition coefficient (Wildman–Crippen LogP) is 1.87. The minimum Gasteiger partial charge on any atom is -0.370 e. The number of nitrogens with one attached hydrogen (secondary N) is 2. The fourth-order valence-electron chi connectivity index (χ4n) is 1.83. The van der Waals surface area contributed by atoms with Gasteiger partial charge >= 0.3 is 0 Å². The molecule has 0 saturated heterocycles. The summed E-state index contributed by atoms with van der Waals surface area (Å²) in [5.41, 5.74) is 2.33. The van der Waals surface area contributed by atoms with Crippen molar-refractivity contribution in [2.24, 2.45) is 7.05 Å². The van der Waals surface area contributed by atoms with Crippen molar-refractivity contribution in [1.82, 2.24) is 19.7 Å². The van der Waals surface area contributed by atoms with Gasteiger partial charge in [0.2, 0.25) is 0 Å². The summed E-state index contributed by atoms with van der Waals surface area (Å²) in [4.78, 5) is 8.70. The molecule has 0 fully saturated rings. The van der Waals surface area contributed by atoms with Crippen LogP contribution in [0.2, 0.25) is 0 Å². The highest BCUT2D eigenvalue weighted by Gasteiger charge is 2.05. The highest BCUT2D eigenvalue weighted by atomic mass is 15.3. The minimum absolute atomic E-state index is 0.710. The highest BCUT2D eigenvalue weighted by molar-refractivity contribution is 5.47. The molecule has 6 heteroatoms. The Morgan fingerprint density at radius 1 is 1.16 bits per heavy atom. The molecule has 2 N–H and O–H groups in total. The van der Waals surface area contributed by atoms with Gasteiger partial charge in [0.1, 0.15) is 17.5 Å².